The molecule has 0 saturated heterocycles. The van der Waals surface area contributed by atoms with Gasteiger partial charge < -0.3 is 13.4 Å². The predicted molar refractivity (Wildman–Crippen MR) is 251 cm³/mol. The van der Waals surface area contributed by atoms with Crippen molar-refractivity contribution in [3.8, 4) is 16.8 Å². The van der Waals surface area contributed by atoms with Crippen molar-refractivity contribution in [2.45, 2.75) is 0 Å². The van der Waals surface area contributed by atoms with Crippen LogP contribution in [0.25, 0.3) is 136 Å². The van der Waals surface area contributed by atoms with Crippen LogP contribution in [0.2, 0.25) is 0 Å². The molecule has 3 nitrogen and oxygen atoms in total. The maximum atomic E-state index is 2.61. The van der Waals surface area contributed by atoms with E-state index in [0.717, 1.165) is 0 Å². The van der Waals surface area contributed by atoms with Gasteiger partial charge in [-0.05, 0) is 70.3 Å². The molecule has 0 amide bonds. The number of hydrogen-bond acceptors (Lipinski definition) is 0. The van der Waals surface area contributed by atoms with Gasteiger partial charge in [0.1, 0.15) is 0 Å². The highest BCUT2D eigenvalue weighted by Gasteiger charge is 2.27. The standard InChI is InChI=1S/C56H31N3/c1-2-14-35(15-3-1)57-46-23-9-8-18-39(46)44-30-34(25-27-47(44)57)38-19-10-21-42-50-36-16-6-5-13-33(36)31-45-52-49(59(54(38)42)56(45)50)29-28-48-51(52)43-22-11-20-40-41-26-24-32-12-4-7-17-37(32)53(41)58(48)55(40)43/h1-31H. The SMILES string of the molecule is c1ccc(-n2c3ccccc3c3cc(-c4cccc5c6c7ccccc7cc7c8c9c%10cccc%11c%12ccc%13ccccc%13c%12n(c9ccc8n(c45)c76)c%11%10)ccc32)cc1. The topological polar surface area (TPSA) is 13.8 Å². The minimum Gasteiger partial charge on any atom is -0.309 e. The van der Waals surface area contributed by atoms with Crippen LogP contribution in [-0.2, 0) is 0 Å². The Hall–Kier alpha value is -7.88. The molecule has 15 aromatic rings. The molecule has 270 valence electrons. The van der Waals surface area contributed by atoms with Gasteiger partial charge in [-0.1, -0.05) is 140 Å². The van der Waals surface area contributed by atoms with E-state index in [0.29, 0.717) is 0 Å². The van der Waals surface area contributed by atoms with Gasteiger partial charge in [0.25, 0.3) is 0 Å². The van der Waals surface area contributed by atoms with Crippen molar-refractivity contribution in [3.05, 3.63) is 188 Å². The summed E-state index contributed by atoms with van der Waals surface area (Å²) in [6, 6.07) is 70.2. The predicted octanol–water partition coefficient (Wildman–Crippen LogP) is 15.1. The zero-order valence-electron chi connectivity index (χ0n) is 31.7. The van der Waals surface area contributed by atoms with Crippen LogP contribution in [0.5, 0.6) is 0 Å². The van der Waals surface area contributed by atoms with Gasteiger partial charge in [0.05, 0.1) is 44.1 Å². The lowest BCUT2D eigenvalue weighted by Gasteiger charge is -2.10. The molecule has 0 aliphatic carbocycles. The third-order valence-corrected chi connectivity index (χ3v) is 13.6. The van der Waals surface area contributed by atoms with E-state index >= 15 is 0 Å². The molecule has 0 fully saturated rings. The van der Waals surface area contributed by atoms with E-state index in [-0.39, 0.29) is 0 Å². The van der Waals surface area contributed by atoms with E-state index in [1.54, 1.807) is 0 Å². The van der Waals surface area contributed by atoms with Gasteiger partial charge in [-0.15, -0.1) is 0 Å². The first-order chi connectivity index (χ1) is 29.3. The summed E-state index contributed by atoms with van der Waals surface area (Å²) in [6.07, 6.45) is 0. The molecule has 10 aromatic carbocycles. The van der Waals surface area contributed by atoms with E-state index in [1.807, 2.05) is 0 Å². The van der Waals surface area contributed by atoms with E-state index < -0.39 is 0 Å². The van der Waals surface area contributed by atoms with E-state index in [4.69, 9.17) is 0 Å². The molecule has 5 aromatic heterocycles. The van der Waals surface area contributed by atoms with Crippen LogP contribution in [0.3, 0.4) is 0 Å². The largest absolute Gasteiger partial charge is 0.309 e. The lowest BCUT2D eigenvalue weighted by Crippen LogP contribution is -1.93. The monoisotopic (exact) mass is 745 g/mol. The van der Waals surface area contributed by atoms with E-state index in [2.05, 4.69) is 201 Å². The number of fused-ring (bicyclic) bond motifs is 20. The molecule has 3 heteroatoms. The zero-order chi connectivity index (χ0) is 38.1. The fourth-order valence-corrected chi connectivity index (χ4v) is 11.4. The molecule has 15 rings (SSSR count). The van der Waals surface area contributed by atoms with Gasteiger partial charge >= 0.3 is 0 Å². The normalized spacial score (nSPS) is 12.7. The quantitative estimate of drug-likeness (QED) is 0.167. The molecule has 5 heterocycles. The van der Waals surface area contributed by atoms with Gasteiger partial charge in [0.2, 0.25) is 0 Å². The Bertz CT molecular complexity index is 4290. The van der Waals surface area contributed by atoms with Crippen molar-refractivity contribution in [3.63, 3.8) is 0 Å². The Morgan fingerprint density at radius 3 is 1.73 bits per heavy atom. The number of nitrogens with zero attached hydrogens (tertiary/aromatic N) is 3. The van der Waals surface area contributed by atoms with Crippen LogP contribution in [0.1, 0.15) is 0 Å². The summed E-state index contributed by atoms with van der Waals surface area (Å²) >= 11 is 0. The minimum atomic E-state index is 1.17. The van der Waals surface area contributed by atoms with E-state index in [1.165, 1.54) is 136 Å². The second kappa shape index (κ2) is 10.5. The fraction of sp³-hybridized carbons (Fsp3) is 0. The molecule has 0 aliphatic heterocycles. The van der Waals surface area contributed by atoms with Gasteiger partial charge in [-0.25, -0.2) is 0 Å². The summed E-state index contributed by atoms with van der Waals surface area (Å²) in [6.45, 7) is 0. The summed E-state index contributed by atoms with van der Waals surface area (Å²) in [4.78, 5) is 0. The van der Waals surface area contributed by atoms with Gasteiger partial charge in [-0.2, -0.15) is 0 Å². The first-order valence-corrected chi connectivity index (χ1v) is 20.5. The zero-order valence-corrected chi connectivity index (χ0v) is 31.7. The highest BCUT2D eigenvalue weighted by molar-refractivity contribution is 6.39. The molecule has 0 radical (unpaired) electrons. The first-order valence-electron chi connectivity index (χ1n) is 20.5. The Kier molecular flexibility index (Phi) is 5.41. The fourth-order valence-electron chi connectivity index (χ4n) is 11.4. The molecule has 0 spiro atoms. The molecular formula is C56H31N3. The van der Waals surface area contributed by atoms with Crippen molar-refractivity contribution < 1.29 is 0 Å². The van der Waals surface area contributed by atoms with Crippen LogP contribution in [0.15, 0.2) is 188 Å². The molecule has 0 saturated carbocycles. The summed E-state index contributed by atoms with van der Waals surface area (Å²) in [7, 11) is 0. The molecule has 0 N–H and O–H groups in total. The number of aromatic nitrogens is 3. The van der Waals surface area contributed by atoms with E-state index in [9.17, 15) is 0 Å². The second-order valence-electron chi connectivity index (χ2n) is 16.4. The van der Waals surface area contributed by atoms with Crippen LogP contribution >= 0.6 is 0 Å². The number of rotatable bonds is 2. The Morgan fingerprint density at radius 1 is 0.271 bits per heavy atom. The molecule has 0 unspecified atom stereocenters. The third-order valence-electron chi connectivity index (χ3n) is 13.6. The summed E-state index contributed by atoms with van der Waals surface area (Å²) in [5.41, 5.74) is 13.7. The third kappa shape index (κ3) is 3.58. The van der Waals surface area contributed by atoms with Crippen molar-refractivity contribution in [1.29, 1.82) is 0 Å². The summed E-state index contributed by atoms with van der Waals surface area (Å²) < 4.78 is 7.57. The number of benzene rings is 10. The van der Waals surface area contributed by atoms with Gasteiger partial charge in [0.15, 0.2) is 0 Å². The van der Waals surface area contributed by atoms with Gasteiger partial charge in [0, 0.05) is 70.5 Å². The summed E-state index contributed by atoms with van der Waals surface area (Å²) in [5.74, 6) is 0. The molecule has 0 aliphatic rings. The number of hydrogen-bond donors (Lipinski definition) is 0. The van der Waals surface area contributed by atoms with Crippen LogP contribution in [0.4, 0.5) is 0 Å². The van der Waals surface area contributed by atoms with Crippen LogP contribution in [-0.4, -0.2) is 13.4 Å². The van der Waals surface area contributed by atoms with Crippen molar-refractivity contribution >= 4 is 120 Å². The molecule has 59 heavy (non-hydrogen) atoms. The lowest BCUT2D eigenvalue weighted by atomic mass is 9.96. The maximum absolute atomic E-state index is 2.61. The highest BCUT2D eigenvalue weighted by Crippen LogP contribution is 2.50. The average molecular weight is 746 g/mol. The maximum Gasteiger partial charge on any atom is 0.0627 e. The molecule has 0 bridgehead atoms. The second-order valence-corrected chi connectivity index (χ2v) is 16.4. The Morgan fingerprint density at radius 2 is 0.864 bits per heavy atom. The number of para-hydroxylation sites is 4. The van der Waals surface area contributed by atoms with Crippen molar-refractivity contribution in [1.82, 2.24) is 13.4 Å². The molecular weight excluding hydrogens is 715 g/mol. The smallest absolute Gasteiger partial charge is 0.0627 e. The Balaban J connectivity index is 1.12. The van der Waals surface area contributed by atoms with Crippen molar-refractivity contribution in [2.75, 3.05) is 0 Å². The first kappa shape index (κ1) is 30.3. The van der Waals surface area contributed by atoms with Crippen LogP contribution in [0, 0.1) is 0 Å². The molecule has 0 atom stereocenters. The Labute approximate surface area is 336 Å². The van der Waals surface area contributed by atoms with Gasteiger partial charge in [-0.3, -0.25) is 0 Å². The summed E-state index contributed by atoms with van der Waals surface area (Å²) in [5, 5.41) is 18.2. The minimum absolute atomic E-state index is 1.17. The van der Waals surface area contributed by atoms with Crippen molar-refractivity contribution in [2.24, 2.45) is 0 Å². The highest BCUT2D eigenvalue weighted by atomic mass is 15.0. The van der Waals surface area contributed by atoms with Crippen LogP contribution < -0.4 is 0 Å². The average Bonchev–Trinajstić information content (AvgIpc) is 4.09. The lowest BCUT2D eigenvalue weighted by molar-refractivity contribution is 1.18.